The van der Waals surface area contributed by atoms with Crippen LogP contribution in [0.2, 0.25) is 0 Å². The van der Waals surface area contributed by atoms with Gasteiger partial charge in [0.05, 0.1) is 11.5 Å². The molecule has 9 heteroatoms. The molecule has 0 saturated carbocycles. The van der Waals surface area contributed by atoms with Crippen molar-refractivity contribution in [2.45, 2.75) is 13.5 Å². The second-order valence-corrected chi connectivity index (χ2v) is 9.97. The van der Waals surface area contributed by atoms with Crippen molar-refractivity contribution in [3.05, 3.63) is 98.9 Å². The normalized spacial score (nSPS) is 14.3. The lowest BCUT2D eigenvalue weighted by Crippen LogP contribution is -2.44. The Bertz CT molecular complexity index is 1280. The van der Waals surface area contributed by atoms with Crippen molar-refractivity contribution in [3.63, 3.8) is 0 Å². The van der Waals surface area contributed by atoms with Crippen LogP contribution in [0.15, 0.2) is 82.2 Å². The van der Waals surface area contributed by atoms with Crippen molar-refractivity contribution in [1.82, 2.24) is 10.4 Å². The maximum absolute atomic E-state index is 12.9. The van der Waals surface area contributed by atoms with E-state index >= 15 is 0 Å². The third-order valence-electron chi connectivity index (χ3n) is 4.92. The number of hydrogen-bond donors (Lipinski definition) is 1. The molecular weight excluding hydrogens is 548 g/mol. The maximum atomic E-state index is 12.9. The Morgan fingerprint density at radius 1 is 1.06 bits per heavy atom. The number of thioether (sulfide) groups is 1. The molecule has 1 saturated heterocycles. The van der Waals surface area contributed by atoms with Crippen molar-refractivity contribution < 1.29 is 19.1 Å². The summed E-state index contributed by atoms with van der Waals surface area (Å²) in [5, 5.41) is 1.10. The summed E-state index contributed by atoms with van der Waals surface area (Å²) in [5.41, 5.74) is 4.80. The van der Waals surface area contributed by atoms with E-state index in [-0.39, 0.29) is 4.32 Å². The Morgan fingerprint density at radius 2 is 1.80 bits per heavy atom. The minimum Gasteiger partial charge on any atom is -0.490 e. The van der Waals surface area contributed by atoms with E-state index in [1.54, 1.807) is 30.3 Å². The van der Waals surface area contributed by atoms with Gasteiger partial charge in [0.2, 0.25) is 0 Å². The van der Waals surface area contributed by atoms with Gasteiger partial charge in [-0.25, -0.2) is 0 Å². The number of rotatable bonds is 8. The van der Waals surface area contributed by atoms with Gasteiger partial charge < -0.3 is 9.47 Å². The predicted octanol–water partition coefficient (Wildman–Crippen LogP) is 5.97. The van der Waals surface area contributed by atoms with Gasteiger partial charge in [-0.1, -0.05) is 64.1 Å². The molecule has 178 valence electrons. The van der Waals surface area contributed by atoms with Crippen molar-refractivity contribution >= 4 is 62.1 Å². The average Bonchev–Trinajstić information content (AvgIpc) is 3.12. The molecule has 1 fully saturated rings. The van der Waals surface area contributed by atoms with Crippen LogP contribution in [0.5, 0.6) is 11.5 Å². The number of hydrogen-bond acceptors (Lipinski definition) is 6. The topological polar surface area (TPSA) is 67.9 Å². The number of amides is 2. The third-order valence-corrected chi connectivity index (χ3v) is 6.75. The van der Waals surface area contributed by atoms with Crippen molar-refractivity contribution in [2.24, 2.45) is 0 Å². The summed E-state index contributed by atoms with van der Waals surface area (Å²) in [7, 11) is 0. The largest absolute Gasteiger partial charge is 0.490 e. The van der Waals surface area contributed by atoms with Crippen LogP contribution in [0.1, 0.15) is 28.4 Å². The molecule has 0 radical (unpaired) electrons. The number of ether oxygens (including phenoxy) is 2. The van der Waals surface area contributed by atoms with Crippen LogP contribution in [0.3, 0.4) is 0 Å². The smallest absolute Gasteiger partial charge is 0.285 e. The molecule has 35 heavy (non-hydrogen) atoms. The molecule has 1 heterocycles. The zero-order chi connectivity index (χ0) is 24.8. The zero-order valence-electron chi connectivity index (χ0n) is 18.7. The third kappa shape index (κ3) is 6.30. The van der Waals surface area contributed by atoms with Gasteiger partial charge in [-0.15, -0.1) is 0 Å². The summed E-state index contributed by atoms with van der Waals surface area (Å²) in [6.07, 6.45) is 1.72. The predicted molar refractivity (Wildman–Crippen MR) is 145 cm³/mol. The highest BCUT2D eigenvalue weighted by molar-refractivity contribution is 9.10. The first kappa shape index (κ1) is 25.0. The fourth-order valence-electron chi connectivity index (χ4n) is 3.21. The summed E-state index contributed by atoms with van der Waals surface area (Å²) >= 11 is 9.87. The van der Waals surface area contributed by atoms with Gasteiger partial charge in [-0.2, -0.15) is 5.01 Å². The molecule has 0 aromatic heterocycles. The lowest BCUT2D eigenvalue weighted by atomic mass is 10.1. The molecule has 4 rings (SSSR count). The van der Waals surface area contributed by atoms with Gasteiger partial charge in [-0.3, -0.25) is 15.0 Å². The number of halogens is 1. The van der Waals surface area contributed by atoms with Crippen LogP contribution >= 0.6 is 39.9 Å². The Morgan fingerprint density at radius 3 is 2.51 bits per heavy atom. The molecule has 3 aromatic carbocycles. The van der Waals surface area contributed by atoms with E-state index in [0.717, 1.165) is 32.4 Å². The molecule has 0 unspecified atom stereocenters. The van der Waals surface area contributed by atoms with E-state index in [0.29, 0.717) is 35.2 Å². The number of benzene rings is 3. The molecule has 0 atom stereocenters. The number of thiocarbonyl (C=S) groups is 1. The molecule has 0 spiro atoms. The molecule has 1 aliphatic rings. The molecule has 1 aliphatic heterocycles. The van der Waals surface area contributed by atoms with E-state index in [1.807, 2.05) is 55.5 Å². The van der Waals surface area contributed by atoms with Crippen molar-refractivity contribution in [3.8, 4) is 11.5 Å². The first-order valence-electron chi connectivity index (χ1n) is 10.7. The van der Waals surface area contributed by atoms with Crippen LogP contribution in [0, 0.1) is 0 Å². The fraction of sp³-hybridized carbons (Fsp3) is 0.115. The molecule has 0 aliphatic carbocycles. The van der Waals surface area contributed by atoms with Crippen LogP contribution in [0.25, 0.3) is 6.08 Å². The Kier molecular flexibility index (Phi) is 8.22. The first-order chi connectivity index (χ1) is 16.9. The van der Waals surface area contributed by atoms with E-state index in [9.17, 15) is 9.59 Å². The van der Waals surface area contributed by atoms with E-state index in [1.165, 1.54) is 0 Å². The molecule has 3 aromatic rings. The number of hydrazine groups is 1. The number of nitrogens with zero attached hydrogens (tertiary/aromatic N) is 1. The Labute approximate surface area is 221 Å². The van der Waals surface area contributed by atoms with Gasteiger partial charge in [0.25, 0.3) is 11.8 Å². The van der Waals surface area contributed by atoms with Crippen LogP contribution in [0.4, 0.5) is 0 Å². The van der Waals surface area contributed by atoms with E-state index in [2.05, 4.69) is 21.4 Å². The lowest BCUT2D eigenvalue weighted by Gasteiger charge is -2.15. The van der Waals surface area contributed by atoms with E-state index < -0.39 is 11.8 Å². The molecular formula is C26H21BrN2O4S2. The summed E-state index contributed by atoms with van der Waals surface area (Å²) in [6, 6.07) is 22.0. The quantitative estimate of drug-likeness (QED) is 0.266. The highest BCUT2D eigenvalue weighted by Gasteiger charge is 2.33. The summed E-state index contributed by atoms with van der Waals surface area (Å²) in [6.45, 7) is 2.75. The monoisotopic (exact) mass is 568 g/mol. The second kappa shape index (κ2) is 11.5. The molecule has 0 bridgehead atoms. The average molecular weight is 570 g/mol. The zero-order valence-corrected chi connectivity index (χ0v) is 21.9. The SMILES string of the molecule is CCOc1cc(/C=C2/SC(=S)N(NC(=O)c3ccccc3)C2=O)ccc1OCc1ccc(Br)cc1. The van der Waals surface area contributed by atoms with Gasteiger partial charge in [0.1, 0.15) is 6.61 Å². The standard InChI is InChI=1S/C26H21BrN2O4S2/c1-2-32-22-14-18(10-13-21(22)33-16-17-8-11-20(27)12-9-17)15-23-25(31)29(26(34)35-23)28-24(30)19-6-4-3-5-7-19/h3-15H,2,16H2,1H3,(H,28,30)/b23-15+. The first-order valence-corrected chi connectivity index (χ1v) is 12.7. The van der Waals surface area contributed by atoms with Crippen molar-refractivity contribution in [1.29, 1.82) is 0 Å². The fourth-order valence-corrected chi connectivity index (χ4v) is 4.66. The van der Waals surface area contributed by atoms with Crippen LogP contribution in [-0.2, 0) is 11.4 Å². The summed E-state index contributed by atoms with van der Waals surface area (Å²) < 4.78 is 13.0. The number of nitrogens with one attached hydrogen (secondary N) is 1. The second-order valence-electron chi connectivity index (χ2n) is 7.38. The minimum absolute atomic E-state index is 0.255. The van der Waals surface area contributed by atoms with Gasteiger partial charge in [0, 0.05) is 10.0 Å². The maximum Gasteiger partial charge on any atom is 0.285 e. The Hall–Kier alpha value is -3.14. The Balaban J connectivity index is 1.48. The number of carbonyl (C=O) groups excluding carboxylic acids is 2. The summed E-state index contributed by atoms with van der Waals surface area (Å²) in [4.78, 5) is 25.8. The van der Waals surface area contributed by atoms with Crippen LogP contribution in [-0.4, -0.2) is 27.8 Å². The molecule has 2 amide bonds. The van der Waals surface area contributed by atoms with Crippen molar-refractivity contribution in [2.75, 3.05) is 6.61 Å². The minimum atomic E-state index is -0.408. The number of carbonyl (C=O) groups is 2. The highest BCUT2D eigenvalue weighted by Crippen LogP contribution is 2.34. The summed E-state index contributed by atoms with van der Waals surface area (Å²) in [5.74, 6) is 0.382. The highest BCUT2D eigenvalue weighted by atomic mass is 79.9. The van der Waals surface area contributed by atoms with Crippen LogP contribution < -0.4 is 14.9 Å². The van der Waals surface area contributed by atoms with E-state index in [4.69, 9.17) is 21.7 Å². The van der Waals surface area contributed by atoms with Gasteiger partial charge in [-0.05, 0) is 72.7 Å². The molecule has 6 nitrogen and oxygen atoms in total. The van der Waals surface area contributed by atoms with Gasteiger partial charge in [0.15, 0.2) is 15.8 Å². The van der Waals surface area contributed by atoms with Gasteiger partial charge >= 0.3 is 0 Å². The lowest BCUT2D eigenvalue weighted by molar-refractivity contribution is -0.123. The molecule has 1 N–H and O–H groups in total.